The van der Waals surface area contributed by atoms with Crippen LogP contribution >= 0.6 is 0 Å². The zero-order valence-electron chi connectivity index (χ0n) is 13.9. The van der Waals surface area contributed by atoms with E-state index in [4.69, 9.17) is 9.47 Å². The number of Topliss-reactive ketones (excluding diaryl/α,β-unsaturated/α-hetero) is 1. The molecule has 0 unspecified atom stereocenters. The first-order valence-corrected chi connectivity index (χ1v) is 7.66. The number of hydrogen-bond donors (Lipinski definition) is 0. The van der Waals surface area contributed by atoms with Gasteiger partial charge in [-0.2, -0.15) is 0 Å². The second kappa shape index (κ2) is 8.59. The fraction of sp³-hybridized carbons (Fsp3) is 0.150. The molecule has 5 heteroatoms. The van der Waals surface area contributed by atoms with Gasteiger partial charge >= 0.3 is 11.9 Å². The molecule has 0 spiro atoms. The largest absolute Gasteiger partial charge is 0.454 e. The number of carbonyl (C=O) groups excluding carboxylic acids is 3. The predicted molar refractivity (Wildman–Crippen MR) is 92.3 cm³/mol. The zero-order chi connectivity index (χ0) is 18.2. The Labute approximate surface area is 145 Å². The van der Waals surface area contributed by atoms with Crippen molar-refractivity contribution in [3.63, 3.8) is 0 Å². The Balaban J connectivity index is 1.79. The van der Waals surface area contributed by atoms with Gasteiger partial charge < -0.3 is 9.47 Å². The summed E-state index contributed by atoms with van der Waals surface area (Å²) in [5, 5.41) is 0. The highest BCUT2D eigenvalue weighted by molar-refractivity contribution is 6.00. The quantitative estimate of drug-likeness (QED) is 0.335. The monoisotopic (exact) mass is 338 g/mol. The fourth-order valence-corrected chi connectivity index (χ4v) is 1.96. The Morgan fingerprint density at radius 2 is 1.60 bits per heavy atom. The van der Waals surface area contributed by atoms with Gasteiger partial charge in [-0.1, -0.05) is 54.6 Å². The molecule has 0 fully saturated rings. The lowest BCUT2D eigenvalue weighted by molar-refractivity contribution is -0.141. The van der Waals surface area contributed by atoms with Crippen LogP contribution in [0.15, 0.2) is 66.7 Å². The molecule has 128 valence electrons. The average molecular weight is 338 g/mol. The Morgan fingerprint density at radius 3 is 2.24 bits per heavy atom. The standard InChI is InChI=1S/C20H18O5/c1-14-8-10-16(11-9-14)18(21)13-24-20(23)15(2)12-19(22)25-17-6-4-3-5-7-17/h3-11H,2,12-13H2,1H3. The minimum Gasteiger partial charge on any atom is -0.454 e. The molecule has 0 N–H and O–H groups in total. The lowest BCUT2D eigenvalue weighted by Crippen LogP contribution is -2.18. The van der Waals surface area contributed by atoms with Crippen LogP contribution in [0.1, 0.15) is 22.3 Å². The molecule has 0 aliphatic heterocycles. The van der Waals surface area contributed by atoms with Gasteiger partial charge in [0.15, 0.2) is 12.4 Å². The van der Waals surface area contributed by atoms with Gasteiger partial charge in [-0.25, -0.2) is 4.79 Å². The first-order valence-electron chi connectivity index (χ1n) is 7.66. The second-order valence-electron chi connectivity index (χ2n) is 5.43. The Morgan fingerprint density at radius 1 is 0.960 bits per heavy atom. The molecule has 0 aliphatic rings. The van der Waals surface area contributed by atoms with Crippen LogP contribution in [0.5, 0.6) is 5.75 Å². The van der Waals surface area contributed by atoms with E-state index in [2.05, 4.69) is 6.58 Å². The van der Waals surface area contributed by atoms with E-state index in [1.54, 1.807) is 54.6 Å². The van der Waals surface area contributed by atoms with Gasteiger partial charge in [0.05, 0.1) is 6.42 Å². The maximum Gasteiger partial charge on any atom is 0.334 e. The molecule has 0 heterocycles. The average Bonchev–Trinajstić information content (AvgIpc) is 2.60. The van der Waals surface area contributed by atoms with E-state index < -0.39 is 18.5 Å². The molecule has 0 atom stereocenters. The molecule has 0 bridgehead atoms. The molecular weight excluding hydrogens is 320 g/mol. The molecule has 0 radical (unpaired) electrons. The van der Waals surface area contributed by atoms with E-state index in [-0.39, 0.29) is 17.8 Å². The number of benzene rings is 2. The number of rotatable bonds is 7. The number of carbonyl (C=O) groups is 3. The second-order valence-corrected chi connectivity index (χ2v) is 5.43. The molecule has 2 rings (SSSR count). The van der Waals surface area contributed by atoms with Crippen molar-refractivity contribution >= 4 is 17.7 Å². The van der Waals surface area contributed by atoms with Gasteiger partial charge in [0.1, 0.15) is 5.75 Å². The lowest BCUT2D eigenvalue weighted by atomic mass is 10.1. The van der Waals surface area contributed by atoms with Gasteiger partial charge in [-0.15, -0.1) is 0 Å². The van der Waals surface area contributed by atoms with Crippen molar-refractivity contribution in [3.8, 4) is 5.75 Å². The van der Waals surface area contributed by atoms with Crippen LogP contribution in [-0.2, 0) is 14.3 Å². The van der Waals surface area contributed by atoms with E-state index in [1.165, 1.54) is 0 Å². The van der Waals surface area contributed by atoms with E-state index >= 15 is 0 Å². The van der Waals surface area contributed by atoms with E-state index in [9.17, 15) is 14.4 Å². The Hall–Kier alpha value is -3.21. The maximum atomic E-state index is 11.9. The van der Waals surface area contributed by atoms with Gasteiger partial charge in [0.25, 0.3) is 0 Å². The summed E-state index contributed by atoms with van der Waals surface area (Å²) in [6.07, 6.45) is -0.313. The maximum absolute atomic E-state index is 11.9. The predicted octanol–water partition coefficient (Wildman–Crippen LogP) is 3.27. The minimum atomic E-state index is -0.800. The van der Waals surface area contributed by atoms with Crippen molar-refractivity contribution in [1.29, 1.82) is 0 Å². The molecule has 0 saturated heterocycles. The van der Waals surface area contributed by atoms with Gasteiger partial charge in [-0.3, -0.25) is 9.59 Å². The summed E-state index contributed by atoms with van der Waals surface area (Å²) in [7, 11) is 0. The number of para-hydroxylation sites is 1. The highest BCUT2D eigenvalue weighted by Gasteiger charge is 2.16. The molecule has 25 heavy (non-hydrogen) atoms. The van der Waals surface area contributed by atoms with Crippen LogP contribution in [0.2, 0.25) is 0 Å². The zero-order valence-corrected chi connectivity index (χ0v) is 13.9. The first-order chi connectivity index (χ1) is 12.0. The smallest absolute Gasteiger partial charge is 0.334 e. The molecule has 0 amide bonds. The number of hydrogen-bond acceptors (Lipinski definition) is 5. The highest BCUT2D eigenvalue weighted by Crippen LogP contribution is 2.12. The summed E-state index contributed by atoms with van der Waals surface area (Å²) < 4.78 is 9.97. The highest BCUT2D eigenvalue weighted by atomic mass is 16.5. The fourth-order valence-electron chi connectivity index (χ4n) is 1.96. The first kappa shape index (κ1) is 18.1. The number of esters is 2. The van der Waals surface area contributed by atoms with Crippen molar-refractivity contribution in [1.82, 2.24) is 0 Å². The lowest BCUT2D eigenvalue weighted by Gasteiger charge is -2.07. The molecule has 2 aromatic carbocycles. The molecular formula is C20H18O5. The molecule has 0 aliphatic carbocycles. The van der Waals surface area contributed by atoms with Gasteiger partial charge in [0.2, 0.25) is 0 Å². The van der Waals surface area contributed by atoms with Crippen LogP contribution in [0.4, 0.5) is 0 Å². The molecule has 0 aromatic heterocycles. The van der Waals surface area contributed by atoms with Crippen molar-refractivity contribution in [3.05, 3.63) is 77.9 Å². The van der Waals surface area contributed by atoms with Crippen molar-refractivity contribution in [2.24, 2.45) is 0 Å². The molecule has 2 aromatic rings. The summed E-state index contributed by atoms with van der Waals surface area (Å²) >= 11 is 0. The number of ketones is 1. The third kappa shape index (κ3) is 5.73. The summed E-state index contributed by atoms with van der Waals surface area (Å²) in [6, 6.07) is 15.4. The van der Waals surface area contributed by atoms with E-state index in [1.807, 2.05) is 6.92 Å². The normalized spacial score (nSPS) is 9.96. The number of ether oxygens (including phenoxy) is 2. The Bertz CT molecular complexity index is 775. The summed E-state index contributed by atoms with van der Waals surface area (Å²) in [6.45, 7) is 5.01. The van der Waals surface area contributed by atoms with Crippen LogP contribution in [-0.4, -0.2) is 24.3 Å². The van der Waals surface area contributed by atoms with Crippen LogP contribution < -0.4 is 4.74 Å². The van der Waals surface area contributed by atoms with Gasteiger partial charge in [-0.05, 0) is 19.1 Å². The topological polar surface area (TPSA) is 69.7 Å². The van der Waals surface area contributed by atoms with Crippen LogP contribution in [0, 0.1) is 6.92 Å². The summed E-state index contributed by atoms with van der Waals surface area (Å²) in [5.41, 5.74) is 1.41. The summed E-state index contributed by atoms with van der Waals surface area (Å²) in [4.78, 5) is 35.5. The Kier molecular flexibility index (Phi) is 6.23. The molecule has 0 saturated carbocycles. The minimum absolute atomic E-state index is 0.0716. The van der Waals surface area contributed by atoms with Crippen LogP contribution in [0.3, 0.4) is 0 Å². The van der Waals surface area contributed by atoms with Crippen LogP contribution in [0.25, 0.3) is 0 Å². The SMILES string of the molecule is C=C(CC(=O)Oc1ccccc1)C(=O)OCC(=O)c1ccc(C)cc1. The number of aryl methyl sites for hydroxylation is 1. The van der Waals surface area contributed by atoms with E-state index in [0.29, 0.717) is 11.3 Å². The van der Waals surface area contributed by atoms with E-state index in [0.717, 1.165) is 5.56 Å². The third-order valence-corrected chi connectivity index (χ3v) is 3.33. The third-order valence-electron chi connectivity index (χ3n) is 3.33. The summed E-state index contributed by atoms with van der Waals surface area (Å²) in [5.74, 6) is -1.38. The molecule has 5 nitrogen and oxygen atoms in total. The van der Waals surface area contributed by atoms with Crippen molar-refractivity contribution < 1.29 is 23.9 Å². The van der Waals surface area contributed by atoms with Crippen molar-refractivity contribution in [2.45, 2.75) is 13.3 Å². The van der Waals surface area contributed by atoms with Crippen molar-refractivity contribution in [2.75, 3.05) is 6.61 Å². The van der Waals surface area contributed by atoms with Gasteiger partial charge in [0, 0.05) is 11.1 Å².